The molecule has 0 bridgehead atoms. The van der Waals surface area contributed by atoms with E-state index < -0.39 is 0 Å². The first-order chi connectivity index (χ1) is 16.9. The average molecular weight is 466 g/mol. The van der Waals surface area contributed by atoms with Crippen molar-refractivity contribution in [3.05, 3.63) is 98.7 Å². The maximum atomic E-state index is 13.8. The van der Waals surface area contributed by atoms with E-state index in [2.05, 4.69) is 36.9 Å². The van der Waals surface area contributed by atoms with Gasteiger partial charge >= 0.3 is 5.69 Å². The van der Waals surface area contributed by atoms with Gasteiger partial charge in [0.1, 0.15) is 0 Å². The Morgan fingerprint density at radius 1 is 0.971 bits per heavy atom. The number of hydrogen-bond donors (Lipinski definition) is 0. The molecule has 0 fully saturated rings. The number of anilines is 2. The summed E-state index contributed by atoms with van der Waals surface area (Å²) in [5.74, 6) is 1.02. The van der Waals surface area contributed by atoms with Crippen LogP contribution in [0.15, 0.2) is 76.3 Å². The fourth-order valence-electron chi connectivity index (χ4n) is 5.26. The largest absolute Gasteiger partial charge is 0.332 e. The molecule has 7 nitrogen and oxygen atoms in total. The molecule has 0 aliphatic carbocycles. The van der Waals surface area contributed by atoms with Gasteiger partial charge in [-0.2, -0.15) is 4.98 Å². The molecule has 0 N–H and O–H groups in total. The highest BCUT2D eigenvalue weighted by atomic mass is 16.2. The summed E-state index contributed by atoms with van der Waals surface area (Å²) < 4.78 is 4.84. The summed E-state index contributed by atoms with van der Waals surface area (Å²) in [4.78, 5) is 34.2. The van der Waals surface area contributed by atoms with Gasteiger partial charge in [-0.25, -0.2) is 4.79 Å². The summed E-state index contributed by atoms with van der Waals surface area (Å²) in [7, 11) is 1.70. The Morgan fingerprint density at radius 3 is 2.57 bits per heavy atom. The van der Waals surface area contributed by atoms with Crippen LogP contribution in [0, 0.1) is 12.8 Å². The quantitative estimate of drug-likeness (QED) is 0.401. The molecule has 0 saturated carbocycles. The van der Waals surface area contributed by atoms with Crippen LogP contribution >= 0.6 is 0 Å². The fourth-order valence-corrected chi connectivity index (χ4v) is 5.26. The molecular weight excluding hydrogens is 438 g/mol. The summed E-state index contributed by atoms with van der Waals surface area (Å²) in [6.45, 7) is 5.92. The Balaban J connectivity index is 1.56. The SMILES string of the molecule is Cc1cccc(N2C[C@H](C)Cn3c2nc2c3c(=O)n(Cc3cccc4ccccc34)c(=O)n2C)c1. The maximum Gasteiger partial charge on any atom is 0.332 e. The molecule has 0 saturated heterocycles. The number of nitrogens with zero attached hydrogens (tertiary/aromatic N) is 5. The molecule has 0 unspecified atom stereocenters. The fraction of sp³-hybridized carbons (Fsp3) is 0.250. The molecule has 0 radical (unpaired) electrons. The van der Waals surface area contributed by atoms with Gasteiger partial charge in [0.25, 0.3) is 5.56 Å². The standard InChI is InChI=1S/C28H27N5O2/c1-18-8-6-12-22(14-18)31-15-19(2)16-32-24-25(29-27(31)32)30(3)28(35)33(26(24)34)17-21-11-7-10-20-9-4-5-13-23(20)21/h4-14,19H,15-17H2,1-3H3/t19-/m0/s1. The molecule has 3 aromatic carbocycles. The van der Waals surface area contributed by atoms with E-state index in [0.29, 0.717) is 29.6 Å². The van der Waals surface area contributed by atoms with Gasteiger partial charge in [0.2, 0.25) is 5.95 Å². The van der Waals surface area contributed by atoms with Gasteiger partial charge in [0, 0.05) is 25.8 Å². The minimum absolute atomic E-state index is 0.209. The minimum atomic E-state index is -0.360. The Bertz CT molecular complexity index is 1720. The van der Waals surface area contributed by atoms with E-state index in [9.17, 15) is 9.59 Å². The second-order valence-corrected chi connectivity index (χ2v) is 9.62. The van der Waals surface area contributed by atoms with Crippen molar-refractivity contribution >= 4 is 33.6 Å². The predicted molar refractivity (Wildman–Crippen MR) is 140 cm³/mol. The summed E-state index contributed by atoms with van der Waals surface area (Å²) in [5.41, 5.74) is 3.38. The zero-order chi connectivity index (χ0) is 24.3. The minimum Gasteiger partial charge on any atom is -0.312 e. The van der Waals surface area contributed by atoms with Crippen molar-refractivity contribution in [2.24, 2.45) is 13.0 Å². The Labute approximate surface area is 202 Å². The second kappa shape index (κ2) is 7.98. The summed E-state index contributed by atoms with van der Waals surface area (Å²) in [5, 5.41) is 2.12. The number of aryl methyl sites for hydroxylation is 2. The zero-order valence-electron chi connectivity index (χ0n) is 20.1. The molecule has 7 heteroatoms. The van der Waals surface area contributed by atoms with Crippen LogP contribution in [-0.2, 0) is 20.1 Å². The van der Waals surface area contributed by atoms with Gasteiger partial charge in [-0.15, -0.1) is 0 Å². The lowest BCUT2D eigenvalue weighted by Crippen LogP contribution is -2.40. The van der Waals surface area contributed by atoms with Crippen LogP contribution in [-0.4, -0.2) is 25.2 Å². The lowest BCUT2D eigenvalue weighted by atomic mass is 10.0. The van der Waals surface area contributed by atoms with Crippen molar-refractivity contribution in [3.8, 4) is 0 Å². The van der Waals surface area contributed by atoms with E-state index in [4.69, 9.17) is 4.98 Å². The summed E-state index contributed by atoms with van der Waals surface area (Å²) in [6.07, 6.45) is 0. The Morgan fingerprint density at radius 2 is 1.74 bits per heavy atom. The van der Waals surface area contributed by atoms with Crippen LogP contribution in [0.5, 0.6) is 0 Å². The highest BCUT2D eigenvalue weighted by Gasteiger charge is 2.30. The van der Waals surface area contributed by atoms with E-state index in [1.54, 1.807) is 7.05 Å². The lowest BCUT2D eigenvalue weighted by Gasteiger charge is -2.33. The van der Waals surface area contributed by atoms with E-state index in [-0.39, 0.29) is 17.8 Å². The van der Waals surface area contributed by atoms with Crippen LogP contribution in [0.1, 0.15) is 18.1 Å². The highest BCUT2D eigenvalue weighted by molar-refractivity contribution is 5.85. The van der Waals surface area contributed by atoms with Crippen LogP contribution in [0.4, 0.5) is 11.6 Å². The van der Waals surface area contributed by atoms with E-state index in [1.165, 1.54) is 9.13 Å². The molecule has 0 spiro atoms. The van der Waals surface area contributed by atoms with Gasteiger partial charge in [-0.1, -0.05) is 61.5 Å². The van der Waals surface area contributed by atoms with Crippen molar-refractivity contribution in [2.75, 3.05) is 11.4 Å². The van der Waals surface area contributed by atoms with E-state index in [0.717, 1.165) is 34.1 Å². The third-order valence-electron chi connectivity index (χ3n) is 6.96. The monoisotopic (exact) mass is 465 g/mol. The number of imidazole rings is 1. The van der Waals surface area contributed by atoms with Gasteiger partial charge in [-0.05, 0) is 46.9 Å². The molecule has 1 atom stereocenters. The van der Waals surface area contributed by atoms with Gasteiger partial charge in [-0.3, -0.25) is 13.9 Å². The van der Waals surface area contributed by atoms with Crippen LogP contribution in [0.25, 0.3) is 21.9 Å². The van der Waals surface area contributed by atoms with Crippen molar-refractivity contribution < 1.29 is 0 Å². The molecule has 5 aromatic rings. The normalized spacial score (nSPS) is 15.6. The average Bonchev–Trinajstić information content (AvgIpc) is 3.24. The molecule has 176 valence electrons. The van der Waals surface area contributed by atoms with Crippen LogP contribution < -0.4 is 16.1 Å². The maximum absolute atomic E-state index is 13.8. The molecule has 0 amide bonds. The van der Waals surface area contributed by atoms with E-state index >= 15 is 0 Å². The Kier molecular flexibility index (Phi) is 4.88. The molecule has 2 aromatic heterocycles. The first kappa shape index (κ1) is 21.4. The molecule has 3 heterocycles. The van der Waals surface area contributed by atoms with Crippen LogP contribution in [0.2, 0.25) is 0 Å². The highest BCUT2D eigenvalue weighted by Crippen LogP contribution is 2.33. The van der Waals surface area contributed by atoms with Crippen LogP contribution in [0.3, 0.4) is 0 Å². The van der Waals surface area contributed by atoms with Crippen molar-refractivity contribution in [3.63, 3.8) is 0 Å². The zero-order valence-corrected chi connectivity index (χ0v) is 20.1. The first-order valence-corrected chi connectivity index (χ1v) is 11.9. The van der Waals surface area contributed by atoms with Crippen molar-refractivity contribution in [1.29, 1.82) is 0 Å². The smallest absolute Gasteiger partial charge is 0.312 e. The first-order valence-electron chi connectivity index (χ1n) is 11.9. The molecular formula is C28H27N5O2. The Hall–Kier alpha value is -4.13. The van der Waals surface area contributed by atoms with E-state index in [1.807, 2.05) is 53.1 Å². The van der Waals surface area contributed by atoms with Crippen molar-refractivity contribution in [2.45, 2.75) is 26.9 Å². The van der Waals surface area contributed by atoms with Gasteiger partial charge < -0.3 is 9.47 Å². The number of rotatable bonds is 3. The number of hydrogen-bond acceptors (Lipinski definition) is 4. The third-order valence-corrected chi connectivity index (χ3v) is 6.96. The lowest BCUT2D eigenvalue weighted by molar-refractivity contribution is 0.458. The second-order valence-electron chi connectivity index (χ2n) is 9.62. The molecule has 35 heavy (non-hydrogen) atoms. The molecule has 1 aliphatic heterocycles. The van der Waals surface area contributed by atoms with Crippen molar-refractivity contribution in [1.82, 2.24) is 18.7 Å². The number of benzene rings is 3. The summed E-state index contributed by atoms with van der Waals surface area (Å²) in [6, 6.07) is 22.3. The summed E-state index contributed by atoms with van der Waals surface area (Å²) >= 11 is 0. The van der Waals surface area contributed by atoms with Gasteiger partial charge in [0.15, 0.2) is 11.2 Å². The third kappa shape index (κ3) is 3.38. The molecule has 1 aliphatic rings. The number of fused-ring (bicyclic) bond motifs is 4. The number of aromatic nitrogens is 4. The van der Waals surface area contributed by atoms with Gasteiger partial charge in [0.05, 0.1) is 6.54 Å². The molecule has 6 rings (SSSR count). The predicted octanol–water partition coefficient (Wildman–Crippen LogP) is 4.19. The topological polar surface area (TPSA) is 65.1 Å².